The van der Waals surface area contributed by atoms with Gasteiger partial charge in [-0.25, -0.2) is 28.8 Å². The molecule has 0 N–H and O–H groups in total. The summed E-state index contributed by atoms with van der Waals surface area (Å²) in [5, 5.41) is 0. The van der Waals surface area contributed by atoms with Gasteiger partial charge in [0.05, 0.1) is 0 Å². The number of esters is 3. The quantitative estimate of drug-likeness (QED) is 0.303. The molecular formula is C33H48N6O12. The van der Waals surface area contributed by atoms with Crippen molar-refractivity contribution in [2.45, 2.75) is 136 Å². The number of aromatic nitrogens is 3. The van der Waals surface area contributed by atoms with Gasteiger partial charge in [0.15, 0.2) is 0 Å². The SMILES string of the molecule is CC(C)(C)OC(=O)N1CCC[C@H]1C(=O)Oc1nc(OC(=O)[C@@H]2CCCN2C(=O)OC(C)(C)C)nc(OC(=O)[C@@H]2CCCN2C(=O)OC(C)(C)C)n1. The van der Waals surface area contributed by atoms with Crippen LogP contribution in [0.1, 0.15) is 101 Å². The molecule has 3 atom stereocenters. The van der Waals surface area contributed by atoms with Crippen LogP contribution in [0.4, 0.5) is 14.4 Å². The molecule has 4 rings (SSSR count). The van der Waals surface area contributed by atoms with Crippen molar-refractivity contribution in [3.63, 3.8) is 0 Å². The van der Waals surface area contributed by atoms with Crippen molar-refractivity contribution in [2.24, 2.45) is 0 Å². The number of carbonyl (C=O) groups is 6. The lowest BCUT2D eigenvalue weighted by atomic mass is 10.2. The van der Waals surface area contributed by atoms with E-state index in [1.165, 1.54) is 14.7 Å². The van der Waals surface area contributed by atoms with Gasteiger partial charge < -0.3 is 28.4 Å². The van der Waals surface area contributed by atoms with Gasteiger partial charge in [-0.2, -0.15) is 0 Å². The Morgan fingerprint density at radius 1 is 0.471 bits per heavy atom. The summed E-state index contributed by atoms with van der Waals surface area (Å²) in [6.45, 7) is 16.0. The van der Waals surface area contributed by atoms with Gasteiger partial charge in [-0.3, -0.25) is 14.7 Å². The fraction of sp³-hybridized carbons (Fsp3) is 0.727. The number of hydrogen-bond donors (Lipinski definition) is 0. The van der Waals surface area contributed by atoms with E-state index in [9.17, 15) is 28.8 Å². The Morgan fingerprint density at radius 3 is 0.922 bits per heavy atom. The van der Waals surface area contributed by atoms with Gasteiger partial charge >= 0.3 is 54.2 Å². The van der Waals surface area contributed by atoms with Crippen LogP contribution >= 0.6 is 0 Å². The van der Waals surface area contributed by atoms with Crippen LogP contribution in [-0.4, -0.2) is 120 Å². The lowest BCUT2D eigenvalue weighted by Crippen LogP contribution is -2.45. The third-order valence-corrected chi connectivity index (χ3v) is 7.61. The molecule has 4 heterocycles. The number of carbonyl (C=O) groups excluding carboxylic acids is 6. The summed E-state index contributed by atoms with van der Waals surface area (Å²) >= 11 is 0. The molecule has 0 spiro atoms. The monoisotopic (exact) mass is 720 g/mol. The van der Waals surface area contributed by atoms with Gasteiger partial charge in [-0.1, -0.05) is 0 Å². The van der Waals surface area contributed by atoms with Crippen molar-refractivity contribution in [3.8, 4) is 18.0 Å². The smallest absolute Gasteiger partial charge is 0.411 e. The topological polar surface area (TPSA) is 206 Å². The summed E-state index contributed by atoms with van der Waals surface area (Å²) in [5.41, 5.74) is -2.43. The minimum Gasteiger partial charge on any atom is -0.444 e. The van der Waals surface area contributed by atoms with E-state index in [0.717, 1.165) is 0 Å². The minimum atomic E-state index is -1.05. The highest BCUT2D eigenvalue weighted by molar-refractivity contribution is 5.85. The fourth-order valence-electron chi connectivity index (χ4n) is 5.58. The molecule has 0 aliphatic carbocycles. The molecular weight excluding hydrogens is 672 g/mol. The van der Waals surface area contributed by atoms with Crippen molar-refractivity contribution in [2.75, 3.05) is 19.6 Å². The number of likely N-dealkylation sites (tertiary alicyclic amines) is 3. The van der Waals surface area contributed by atoms with Crippen LogP contribution in [-0.2, 0) is 28.6 Å². The molecule has 0 aromatic carbocycles. The molecule has 18 nitrogen and oxygen atoms in total. The summed E-state index contributed by atoms with van der Waals surface area (Å²) in [6.07, 6.45) is 0.135. The van der Waals surface area contributed by atoms with Gasteiger partial charge in [-0.05, 0) is 101 Å². The van der Waals surface area contributed by atoms with Crippen LogP contribution < -0.4 is 14.2 Å². The maximum atomic E-state index is 13.3. The number of hydrogen-bond acceptors (Lipinski definition) is 15. The fourth-order valence-corrected chi connectivity index (χ4v) is 5.58. The van der Waals surface area contributed by atoms with Crippen molar-refractivity contribution in [1.29, 1.82) is 0 Å². The van der Waals surface area contributed by atoms with Crippen LogP contribution in [0.3, 0.4) is 0 Å². The molecule has 18 heteroatoms. The number of nitrogens with zero attached hydrogens (tertiary/aromatic N) is 6. The van der Waals surface area contributed by atoms with E-state index in [0.29, 0.717) is 19.3 Å². The molecule has 282 valence electrons. The second-order valence-electron chi connectivity index (χ2n) is 15.4. The second kappa shape index (κ2) is 15.2. The van der Waals surface area contributed by atoms with Crippen molar-refractivity contribution >= 4 is 36.2 Å². The Kier molecular flexibility index (Phi) is 11.7. The standard InChI is InChI=1S/C33H48N6O12/c1-31(2,3)49-28(43)37-16-10-13-19(37)22(40)46-25-34-26(47-23(41)20-14-11-17-38(20)29(44)50-32(4,5)6)36-27(35-25)48-24(42)21-15-12-18-39(21)30(45)51-33(7,8)9/h19-21H,10-18H2,1-9H3/t19-,20-,21-/m0/s1. The minimum absolute atomic E-state index is 0.239. The van der Waals surface area contributed by atoms with Gasteiger partial charge in [-0.15, -0.1) is 15.0 Å². The van der Waals surface area contributed by atoms with E-state index < -0.39 is 89.1 Å². The summed E-state index contributed by atoms with van der Waals surface area (Å²) in [7, 11) is 0. The first-order valence-electron chi connectivity index (χ1n) is 17.0. The summed E-state index contributed by atoms with van der Waals surface area (Å²) in [5.74, 6) is -2.76. The molecule has 0 saturated carbocycles. The molecule has 3 aliphatic heterocycles. The van der Waals surface area contributed by atoms with E-state index in [4.69, 9.17) is 28.4 Å². The Morgan fingerprint density at radius 2 is 0.706 bits per heavy atom. The van der Waals surface area contributed by atoms with Gasteiger partial charge in [0.2, 0.25) is 0 Å². The van der Waals surface area contributed by atoms with Crippen LogP contribution in [0.5, 0.6) is 18.0 Å². The average Bonchev–Trinajstić information content (AvgIpc) is 3.75. The number of rotatable bonds is 6. The summed E-state index contributed by atoms with van der Waals surface area (Å²) < 4.78 is 32.6. The van der Waals surface area contributed by atoms with Crippen molar-refractivity contribution < 1.29 is 57.2 Å². The number of amides is 3. The lowest BCUT2D eigenvalue weighted by Gasteiger charge is -2.27. The Balaban J connectivity index is 1.58. The van der Waals surface area contributed by atoms with Gasteiger partial charge in [0, 0.05) is 19.6 Å². The zero-order valence-corrected chi connectivity index (χ0v) is 30.7. The highest BCUT2D eigenvalue weighted by Crippen LogP contribution is 2.27. The Bertz CT molecular complexity index is 1330. The molecule has 51 heavy (non-hydrogen) atoms. The maximum absolute atomic E-state index is 13.3. The molecule has 1 aromatic heterocycles. The summed E-state index contributed by atoms with van der Waals surface area (Å²) in [4.78, 5) is 94.0. The molecule has 3 saturated heterocycles. The largest absolute Gasteiger partial charge is 0.444 e. The Hall–Kier alpha value is -4.77. The first-order valence-corrected chi connectivity index (χ1v) is 17.0. The predicted octanol–water partition coefficient (Wildman–Crippen LogP) is 3.79. The molecule has 3 amide bonds. The van der Waals surface area contributed by atoms with Crippen molar-refractivity contribution in [3.05, 3.63) is 0 Å². The van der Waals surface area contributed by atoms with Crippen LogP contribution in [0.15, 0.2) is 0 Å². The lowest BCUT2D eigenvalue weighted by molar-refractivity contribution is -0.140. The summed E-state index contributed by atoms with van der Waals surface area (Å²) in [6, 6.07) is -5.21. The second-order valence-corrected chi connectivity index (χ2v) is 15.4. The first-order chi connectivity index (χ1) is 23.6. The third kappa shape index (κ3) is 10.9. The van der Waals surface area contributed by atoms with E-state index in [-0.39, 0.29) is 38.9 Å². The molecule has 3 fully saturated rings. The van der Waals surface area contributed by atoms with Crippen LogP contribution in [0.2, 0.25) is 0 Å². The van der Waals surface area contributed by atoms with E-state index >= 15 is 0 Å². The van der Waals surface area contributed by atoms with E-state index in [1.807, 2.05) is 0 Å². The molecule has 0 unspecified atom stereocenters. The van der Waals surface area contributed by atoms with E-state index in [2.05, 4.69) is 15.0 Å². The molecule has 3 aliphatic rings. The van der Waals surface area contributed by atoms with Gasteiger partial charge in [0.25, 0.3) is 0 Å². The molecule has 0 bridgehead atoms. The van der Waals surface area contributed by atoms with Crippen LogP contribution in [0, 0.1) is 0 Å². The molecule has 1 aromatic rings. The molecule has 0 radical (unpaired) electrons. The zero-order valence-electron chi connectivity index (χ0n) is 30.7. The van der Waals surface area contributed by atoms with E-state index in [1.54, 1.807) is 62.3 Å². The van der Waals surface area contributed by atoms with Gasteiger partial charge in [0.1, 0.15) is 34.9 Å². The Labute approximate surface area is 296 Å². The average molecular weight is 721 g/mol. The maximum Gasteiger partial charge on any atom is 0.411 e. The predicted molar refractivity (Wildman–Crippen MR) is 175 cm³/mol. The van der Waals surface area contributed by atoms with Crippen molar-refractivity contribution in [1.82, 2.24) is 29.7 Å². The number of ether oxygens (including phenoxy) is 6. The zero-order chi connectivity index (χ0) is 37.9. The normalized spacial score (nSPS) is 20.9. The first kappa shape index (κ1) is 39.0. The third-order valence-electron chi connectivity index (χ3n) is 7.61. The highest BCUT2D eigenvalue weighted by Gasteiger charge is 2.41. The highest BCUT2D eigenvalue weighted by atomic mass is 16.6. The van der Waals surface area contributed by atoms with Crippen LogP contribution in [0.25, 0.3) is 0 Å².